The summed E-state index contributed by atoms with van der Waals surface area (Å²) in [5, 5.41) is 0. The number of nitrogen functional groups attached to an aromatic ring is 1. The number of ether oxygens (including phenoxy) is 2. The van der Waals surface area contributed by atoms with Gasteiger partial charge >= 0.3 is 0 Å². The van der Waals surface area contributed by atoms with Crippen LogP contribution in [0.25, 0.3) is 0 Å². The Morgan fingerprint density at radius 2 is 2.04 bits per heavy atom. The number of hydrogen-bond acceptors (Lipinski definition) is 4. The van der Waals surface area contributed by atoms with Crippen molar-refractivity contribution in [2.24, 2.45) is 0 Å². The first-order chi connectivity index (χ1) is 11.1. The van der Waals surface area contributed by atoms with Crippen LogP contribution in [-0.2, 0) is 11.2 Å². The molecule has 1 aliphatic rings. The van der Waals surface area contributed by atoms with Gasteiger partial charge in [0.15, 0.2) is 6.10 Å². The van der Waals surface area contributed by atoms with Gasteiger partial charge in [0.05, 0.1) is 12.8 Å². The van der Waals surface area contributed by atoms with Crippen molar-refractivity contribution in [2.75, 3.05) is 24.3 Å². The molecule has 0 saturated carbocycles. The molecule has 1 unspecified atom stereocenters. The van der Waals surface area contributed by atoms with Gasteiger partial charge in [0.1, 0.15) is 11.5 Å². The lowest BCUT2D eigenvalue weighted by molar-refractivity contribution is -0.126. The second-order valence-corrected chi connectivity index (χ2v) is 5.43. The summed E-state index contributed by atoms with van der Waals surface area (Å²) in [5.41, 5.74) is 8.17. The smallest absolute Gasteiger partial charge is 0.268 e. The average molecular weight is 312 g/mol. The van der Waals surface area contributed by atoms with E-state index in [0.717, 1.165) is 17.0 Å². The number of anilines is 2. The zero-order chi connectivity index (χ0) is 16.4. The van der Waals surface area contributed by atoms with Crippen LogP contribution in [0.5, 0.6) is 11.5 Å². The molecule has 1 heterocycles. The molecule has 0 aromatic heterocycles. The highest BCUT2D eigenvalue weighted by Gasteiger charge is 2.34. The molecule has 0 radical (unpaired) electrons. The van der Waals surface area contributed by atoms with E-state index in [1.807, 2.05) is 37.3 Å². The predicted octanol–water partition coefficient (Wildman–Crippen LogP) is 2.63. The molecule has 5 nitrogen and oxygen atoms in total. The van der Waals surface area contributed by atoms with Crippen molar-refractivity contribution in [3.63, 3.8) is 0 Å². The molecule has 1 amide bonds. The fourth-order valence-electron chi connectivity index (χ4n) is 2.87. The van der Waals surface area contributed by atoms with E-state index in [-0.39, 0.29) is 5.91 Å². The first kappa shape index (κ1) is 15.2. The molecule has 0 saturated heterocycles. The number of carbonyl (C=O) groups is 1. The van der Waals surface area contributed by atoms with Crippen LogP contribution in [0.4, 0.5) is 11.4 Å². The molecule has 0 aliphatic carbocycles. The van der Waals surface area contributed by atoms with E-state index in [0.29, 0.717) is 24.4 Å². The Kier molecular flexibility index (Phi) is 4.10. The number of benzene rings is 2. The molecule has 0 bridgehead atoms. The third-order valence-corrected chi connectivity index (χ3v) is 4.00. The molecular formula is C18H20N2O3. The molecule has 5 heteroatoms. The molecule has 1 atom stereocenters. The van der Waals surface area contributed by atoms with Crippen LogP contribution < -0.4 is 20.1 Å². The molecule has 2 aromatic carbocycles. The zero-order valence-electron chi connectivity index (χ0n) is 13.3. The number of amides is 1. The normalized spacial score (nSPS) is 16.7. The van der Waals surface area contributed by atoms with Gasteiger partial charge in [-0.1, -0.05) is 18.2 Å². The Labute approximate surface area is 135 Å². The first-order valence-corrected chi connectivity index (χ1v) is 7.63. The fraction of sp³-hybridized carbons (Fsp3) is 0.278. The molecule has 2 aromatic rings. The van der Waals surface area contributed by atoms with E-state index >= 15 is 0 Å². The van der Waals surface area contributed by atoms with Crippen molar-refractivity contribution >= 4 is 17.3 Å². The highest BCUT2D eigenvalue weighted by atomic mass is 16.5. The minimum absolute atomic E-state index is 0.0457. The number of carbonyl (C=O) groups excluding carboxylic acids is 1. The topological polar surface area (TPSA) is 64.8 Å². The standard InChI is InChI=1S/C18H20N2O3/c1-3-20-14-9-8-13(19)11-16(14)23-17(18(20)21)10-12-6-4-5-7-15(12)22-2/h4-9,11,17H,3,10,19H2,1-2H3. The summed E-state index contributed by atoms with van der Waals surface area (Å²) in [7, 11) is 1.62. The van der Waals surface area contributed by atoms with Crippen molar-refractivity contribution in [1.82, 2.24) is 0 Å². The minimum atomic E-state index is -0.583. The monoisotopic (exact) mass is 312 g/mol. The molecular weight excluding hydrogens is 292 g/mol. The molecule has 3 rings (SSSR count). The van der Waals surface area contributed by atoms with Gasteiger partial charge in [-0.3, -0.25) is 4.79 Å². The summed E-state index contributed by atoms with van der Waals surface area (Å²) >= 11 is 0. The number of nitrogens with two attached hydrogens (primary N) is 1. The molecule has 1 aliphatic heterocycles. The Morgan fingerprint density at radius 1 is 1.26 bits per heavy atom. The van der Waals surface area contributed by atoms with Gasteiger partial charge < -0.3 is 20.1 Å². The van der Waals surface area contributed by atoms with Crippen LogP contribution >= 0.6 is 0 Å². The van der Waals surface area contributed by atoms with Gasteiger partial charge in [0, 0.05) is 24.7 Å². The predicted molar refractivity (Wildman–Crippen MR) is 90.0 cm³/mol. The largest absolute Gasteiger partial charge is 0.496 e. The van der Waals surface area contributed by atoms with Crippen molar-refractivity contribution in [1.29, 1.82) is 0 Å². The lowest BCUT2D eigenvalue weighted by atomic mass is 10.0. The Bertz CT molecular complexity index is 730. The maximum absolute atomic E-state index is 12.7. The summed E-state index contributed by atoms with van der Waals surface area (Å²) in [6.07, 6.45) is -0.131. The first-order valence-electron chi connectivity index (χ1n) is 7.63. The molecule has 120 valence electrons. The number of para-hydroxylation sites is 1. The minimum Gasteiger partial charge on any atom is -0.496 e. The van der Waals surface area contributed by atoms with Crippen LogP contribution in [0.2, 0.25) is 0 Å². The Morgan fingerprint density at radius 3 is 2.78 bits per heavy atom. The van der Waals surface area contributed by atoms with E-state index < -0.39 is 6.10 Å². The number of methoxy groups -OCH3 is 1. The summed E-state index contributed by atoms with van der Waals surface area (Å²) in [4.78, 5) is 14.5. The van der Waals surface area contributed by atoms with Gasteiger partial charge in [-0.05, 0) is 30.7 Å². The van der Waals surface area contributed by atoms with Crippen molar-refractivity contribution < 1.29 is 14.3 Å². The summed E-state index contributed by atoms with van der Waals surface area (Å²) in [6, 6.07) is 13.0. The molecule has 0 fully saturated rings. The van der Waals surface area contributed by atoms with Crippen LogP contribution in [0, 0.1) is 0 Å². The van der Waals surface area contributed by atoms with Gasteiger partial charge in [0.25, 0.3) is 5.91 Å². The van der Waals surface area contributed by atoms with Gasteiger partial charge in [-0.25, -0.2) is 0 Å². The van der Waals surface area contributed by atoms with E-state index in [9.17, 15) is 4.79 Å². The van der Waals surface area contributed by atoms with Gasteiger partial charge in [-0.15, -0.1) is 0 Å². The van der Waals surface area contributed by atoms with E-state index in [4.69, 9.17) is 15.2 Å². The Hall–Kier alpha value is -2.69. The van der Waals surface area contributed by atoms with Crippen LogP contribution in [0.3, 0.4) is 0 Å². The summed E-state index contributed by atoms with van der Waals surface area (Å²) in [5.74, 6) is 1.35. The fourth-order valence-corrected chi connectivity index (χ4v) is 2.87. The lowest BCUT2D eigenvalue weighted by Crippen LogP contribution is -2.46. The molecule has 23 heavy (non-hydrogen) atoms. The maximum Gasteiger partial charge on any atom is 0.268 e. The maximum atomic E-state index is 12.7. The SMILES string of the molecule is CCN1C(=O)C(Cc2ccccc2OC)Oc2cc(N)ccc21. The molecule has 2 N–H and O–H groups in total. The third kappa shape index (κ3) is 2.82. The van der Waals surface area contributed by atoms with E-state index in [1.165, 1.54) is 0 Å². The van der Waals surface area contributed by atoms with Crippen LogP contribution in [0.1, 0.15) is 12.5 Å². The zero-order valence-corrected chi connectivity index (χ0v) is 13.3. The highest BCUT2D eigenvalue weighted by molar-refractivity contribution is 6.00. The van der Waals surface area contributed by atoms with E-state index in [2.05, 4.69) is 0 Å². The number of fused-ring (bicyclic) bond motifs is 1. The second kappa shape index (κ2) is 6.20. The quantitative estimate of drug-likeness (QED) is 0.882. The van der Waals surface area contributed by atoms with Gasteiger partial charge in [0.2, 0.25) is 0 Å². The van der Waals surface area contributed by atoms with Crippen molar-refractivity contribution in [3.05, 3.63) is 48.0 Å². The number of hydrogen-bond donors (Lipinski definition) is 1. The summed E-state index contributed by atoms with van der Waals surface area (Å²) < 4.78 is 11.3. The summed E-state index contributed by atoms with van der Waals surface area (Å²) in [6.45, 7) is 2.53. The average Bonchev–Trinajstić information content (AvgIpc) is 2.56. The van der Waals surface area contributed by atoms with Crippen molar-refractivity contribution in [2.45, 2.75) is 19.4 Å². The van der Waals surface area contributed by atoms with E-state index in [1.54, 1.807) is 24.1 Å². The Balaban J connectivity index is 1.93. The third-order valence-electron chi connectivity index (χ3n) is 4.00. The van der Waals surface area contributed by atoms with Crippen LogP contribution in [-0.4, -0.2) is 25.7 Å². The highest BCUT2D eigenvalue weighted by Crippen LogP contribution is 2.36. The molecule has 0 spiro atoms. The number of likely N-dealkylation sites (N-methyl/N-ethyl adjacent to an activating group) is 1. The second-order valence-electron chi connectivity index (χ2n) is 5.43. The van der Waals surface area contributed by atoms with Crippen LogP contribution in [0.15, 0.2) is 42.5 Å². The van der Waals surface area contributed by atoms with Gasteiger partial charge in [-0.2, -0.15) is 0 Å². The van der Waals surface area contributed by atoms with Crippen molar-refractivity contribution in [3.8, 4) is 11.5 Å². The number of rotatable bonds is 4. The lowest BCUT2D eigenvalue weighted by Gasteiger charge is -2.34. The number of nitrogens with zero attached hydrogens (tertiary/aromatic N) is 1.